The Labute approximate surface area is 149 Å². The van der Waals surface area contributed by atoms with Gasteiger partial charge < -0.3 is 10.2 Å². The molecule has 1 N–H and O–H groups in total. The molecule has 2 aliphatic heterocycles. The van der Waals surface area contributed by atoms with E-state index in [-0.39, 0.29) is 10.8 Å². The lowest BCUT2D eigenvalue weighted by Crippen LogP contribution is -2.35. The number of rotatable bonds is 6. The molecular formula is C17H26N4O3S. The van der Waals surface area contributed by atoms with Gasteiger partial charge in [0.25, 0.3) is 0 Å². The summed E-state index contributed by atoms with van der Waals surface area (Å²) in [7, 11) is -3.44. The van der Waals surface area contributed by atoms with Crippen LogP contribution >= 0.6 is 0 Å². The summed E-state index contributed by atoms with van der Waals surface area (Å²) in [5, 5.41) is 3.09. The topological polar surface area (TPSA) is 82.6 Å². The van der Waals surface area contributed by atoms with Crippen molar-refractivity contribution >= 4 is 21.7 Å². The number of carbonyl (C=O) groups is 1. The van der Waals surface area contributed by atoms with Gasteiger partial charge in [-0.1, -0.05) is 6.42 Å². The molecule has 0 saturated carbocycles. The molecule has 2 fully saturated rings. The molecule has 3 heterocycles. The van der Waals surface area contributed by atoms with E-state index in [2.05, 4.69) is 10.3 Å². The Morgan fingerprint density at radius 1 is 1.04 bits per heavy atom. The van der Waals surface area contributed by atoms with E-state index >= 15 is 0 Å². The van der Waals surface area contributed by atoms with Gasteiger partial charge in [-0.3, -0.25) is 4.79 Å². The molecule has 2 aliphatic rings. The summed E-state index contributed by atoms with van der Waals surface area (Å²) in [6.07, 6.45) is 6.92. The molecule has 8 heteroatoms. The number of likely N-dealkylation sites (tertiary alicyclic amines) is 1. The number of carbonyl (C=O) groups excluding carboxylic acids is 1. The van der Waals surface area contributed by atoms with E-state index in [1.54, 1.807) is 12.1 Å². The summed E-state index contributed by atoms with van der Waals surface area (Å²) >= 11 is 0. The molecule has 3 rings (SSSR count). The molecule has 1 aromatic heterocycles. The summed E-state index contributed by atoms with van der Waals surface area (Å²) in [5.41, 5.74) is 0. The van der Waals surface area contributed by atoms with Crippen LogP contribution in [0.1, 0.15) is 38.5 Å². The van der Waals surface area contributed by atoms with Crippen LogP contribution in [0.2, 0.25) is 0 Å². The maximum absolute atomic E-state index is 12.6. The van der Waals surface area contributed by atoms with E-state index in [9.17, 15) is 13.2 Å². The van der Waals surface area contributed by atoms with E-state index < -0.39 is 10.0 Å². The number of sulfonamides is 1. The van der Waals surface area contributed by atoms with Gasteiger partial charge in [0.2, 0.25) is 15.9 Å². The minimum atomic E-state index is -3.44. The molecule has 0 aromatic carbocycles. The van der Waals surface area contributed by atoms with Crippen LogP contribution in [0.25, 0.3) is 0 Å². The van der Waals surface area contributed by atoms with Gasteiger partial charge in [0.1, 0.15) is 10.7 Å². The third-order valence-electron chi connectivity index (χ3n) is 4.79. The molecule has 0 spiro atoms. The minimum absolute atomic E-state index is 0.161. The van der Waals surface area contributed by atoms with Gasteiger partial charge >= 0.3 is 0 Å². The Bertz CT molecular complexity index is 678. The predicted molar refractivity (Wildman–Crippen MR) is 95.8 cm³/mol. The summed E-state index contributed by atoms with van der Waals surface area (Å²) in [6.45, 7) is 3.39. The molecular weight excluding hydrogens is 340 g/mol. The van der Waals surface area contributed by atoms with Crippen molar-refractivity contribution in [2.75, 3.05) is 38.0 Å². The number of nitrogens with zero attached hydrogens (tertiary/aromatic N) is 3. The second kappa shape index (κ2) is 8.14. The predicted octanol–water partition coefficient (Wildman–Crippen LogP) is 1.68. The second-order valence-corrected chi connectivity index (χ2v) is 8.55. The van der Waals surface area contributed by atoms with Gasteiger partial charge in [-0.2, -0.15) is 4.31 Å². The molecule has 2 saturated heterocycles. The van der Waals surface area contributed by atoms with Crippen molar-refractivity contribution in [2.45, 2.75) is 43.4 Å². The van der Waals surface area contributed by atoms with Crippen molar-refractivity contribution in [3.8, 4) is 0 Å². The number of anilines is 1. The highest BCUT2D eigenvalue weighted by Gasteiger charge is 2.26. The van der Waals surface area contributed by atoms with Crippen LogP contribution in [0.4, 0.5) is 5.82 Å². The van der Waals surface area contributed by atoms with Crippen molar-refractivity contribution < 1.29 is 13.2 Å². The normalized spacial score (nSPS) is 19.1. The van der Waals surface area contributed by atoms with Crippen LogP contribution in [-0.2, 0) is 14.8 Å². The Morgan fingerprint density at radius 3 is 2.36 bits per heavy atom. The van der Waals surface area contributed by atoms with Gasteiger partial charge in [-0.15, -0.1) is 0 Å². The van der Waals surface area contributed by atoms with Crippen LogP contribution in [-0.4, -0.2) is 61.2 Å². The van der Waals surface area contributed by atoms with Crippen LogP contribution in [0.3, 0.4) is 0 Å². The number of aromatic nitrogens is 1. The number of hydrogen-bond acceptors (Lipinski definition) is 5. The highest BCUT2D eigenvalue weighted by molar-refractivity contribution is 7.89. The minimum Gasteiger partial charge on any atom is -0.370 e. The van der Waals surface area contributed by atoms with Crippen LogP contribution in [0.15, 0.2) is 23.2 Å². The molecule has 1 amide bonds. The maximum atomic E-state index is 12.6. The number of nitrogens with one attached hydrogen (secondary N) is 1. The highest BCUT2D eigenvalue weighted by atomic mass is 32.2. The summed E-state index contributed by atoms with van der Waals surface area (Å²) in [6, 6.07) is 3.25. The second-order valence-electron chi connectivity index (χ2n) is 6.61. The summed E-state index contributed by atoms with van der Waals surface area (Å²) < 4.78 is 26.7. The third-order valence-corrected chi connectivity index (χ3v) is 6.68. The zero-order chi connectivity index (χ0) is 17.7. The Hall–Kier alpha value is -1.67. The molecule has 0 atom stereocenters. The smallest absolute Gasteiger partial charge is 0.244 e. The van der Waals surface area contributed by atoms with Gasteiger partial charge in [0, 0.05) is 45.3 Å². The average Bonchev–Trinajstić information content (AvgIpc) is 3.18. The van der Waals surface area contributed by atoms with Crippen molar-refractivity contribution in [1.29, 1.82) is 0 Å². The lowest BCUT2D eigenvalue weighted by Gasteiger charge is -2.25. The fraction of sp³-hybridized carbons (Fsp3) is 0.647. The summed E-state index contributed by atoms with van der Waals surface area (Å²) in [5.74, 6) is 0.751. The van der Waals surface area contributed by atoms with Gasteiger partial charge in [-0.25, -0.2) is 13.4 Å². The number of pyridine rings is 1. The molecule has 0 radical (unpaired) electrons. The Morgan fingerprint density at radius 2 is 1.72 bits per heavy atom. The highest BCUT2D eigenvalue weighted by Crippen LogP contribution is 2.20. The SMILES string of the molecule is O=C(CCNc1ccc(S(=O)(=O)N2CCCCC2)cn1)N1CCCC1. The average molecular weight is 366 g/mol. The van der Waals surface area contributed by atoms with E-state index in [0.717, 1.165) is 45.2 Å². The van der Waals surface area contributed by atoms with Gasteiger partial charge in [-0.05, 0) is 37.8 Å². The van der Waals surface area contributed by atoms with Gasteiger partial charge in [0.15, 0.2) is 0 Å². The lowest BCUT2D eigenvalue weighted by molar-refractivity contribution is -0.129. The maximum Gasteiger partial charge on any atom is 0.244 e. The van der Waals surface area contributed by atoms with E-state index in [1.807, 2.05) is 4.90 Å². The standard InChI is InChI=1S/C17H26N4O3S/c22-17(20-10-4-5-11-20)8-9-18-16-7-6-15(14-19-16)25(23,24)21-12-2-1-3-13-21/h6-7,14H,1-5,8-13H2,(H,18,19). The number of amides is 1. The number of piperidine rings is 1. The van der Waals surface area contributed by atoms with Crippen LogP contribution in [0, 0.1) is 0 Å². The first-order valence-electron chi connectivity index (χ1n) is 9.05. The largest absolute Gasteiger partial charge is 0.370 e. The monoisotopic (exact) mass is 366 g/mol. The molecule has 0 aliphatic carbocycles. The van der Waals surface area contributed by atoms with Crippen LogP contribution in [0.5, 0.6) is 0 Å². The first-order chi connectivity index (χ1) is 12.1. The molecule has 25 heavy (non-hydrogen) atoms. The van der Waals surface area contributed by atoms with Crippen molar-refractivity contribution in [2.24, 2.45) is 0 Å². The molecule has 1 aromatic rings. The molecule has 0 bridgehead atoms. The molecule has 0 unspecified atom stereocenters. The quantitative estimate of drug-likeness (QED) is 0.828. The fourth-order valence-corrected chi connectivity index (χ4v) is 4.78. The van der Waals surface area contributed by atoms with Gasteiger partial charge in [0.05, 0.1) is 0 Å². The van der Waals surface area contributed by atoms with Crippen molar-refractivity contribution in [1.82, 2.24) is 14.2 Å². The first kappa shape index (κ1) is 18.1. The zero-order valence-corrected chi connectivity index (χ0v) is 15.3. The van der Waals surface area contributed by atoms with Crippen molar-refractivity contribution in [3.05, 3.63) is 18.3 Å². The fourth-order valence-electron chi connectivity index (χ4n) is 3.31. The lowest BCUT2D eigenvalue weighted by atomic mass is 10.2. The van der Waals surface area contributed by atoms with Crippen molar-refractivity contribution in [3.63, 3.8) is 0 Å². The molecule has 138 valence electrons. The molecule has 7 nitrogen and oxygen atoms in total. The zero-order valence-electron chi connectivity index (χ0n) is 14.5. The van der Waals surface area contributed by atoms with E-state index in [4.69, 9.17) is 0 Å². The Kier molecular flexibility index (Phi) is 5.90. The summed E-state index contributed by atoms with van der Waals surface area (Å²) in [4.78, 5) is 18.3. The Balaban J connectivity index is 1.52. The van der Waals surface area contributed by atoms with Crippen LogP contribution < -0.4 is 5.32 Å². The third kappa shape index (κ3) is 4.49. The van der Waals surface area contributed by atoms with E-state index in [1.165, 1.54) is 10.5 Å². The first-order valence-corrected chi connectivity index (χ1v) is 10.5. The van der Waals surface area contributed by atoms with E-state index in [0.29, 0.717) is 31.9 Å². The number of hydrogen-bond donors (Lipinski definition) is 1.